The Labute approximate surface area is 198 Å². The number of ether oxygens (including phenoxy) is 2. The van der Waals surface area contributed by atoms with Crippen LogP contribution in [0.1, 0.15) is 48.3 Å². The fraction of sp³-hybridized carbons (Fsp3) is 0.458. The molecular weight excluding hydrogens is 446 g/mol. The van der Waals surface area contributed by atoms with E-state index in [4.69, 9.17) is 21.1 Å². The normalized spacial score (nSPS) is 14.6. The molecule has 0 spiro atoms. The number of aliphatic hydroxyl groups is 1. The average Bonchev–Trinajstić information content (AvgIpc) is 2.78. The van der Waals surface area contributed by atoms with Gasteiger partial charge in [-0.3, -0.25) is 9.78 Å². The van der Waals surface area contributed by atoms with E-state index in [1.165, 1.54) is 7.11 Å². The Morgan fingerprint density at radius 3 is 2.52 bits per heavy atom. The monoisotopic (exact) mass is 475 g/mol. The molecule has 2 N–H and O–H groups in total. The molecule has 1 aromatic heterocycles. The van der Waals surface area contributed by atoms with E-state index in [-0.39, 0.29) is 23.8 Å². The third kappa shape index (κ3) is 7.33. The number of benzene rings is 1. The quantitative estimate of drug-likeness (QED) is 0.634. The van der Waals surface area contributed by atoms with E-state index in [2.05, 4.69) is 10.3 Å². The summed E-state index contributed by atoms with van der Waals surface area (Å²) in [4.78, 5) is 30.4. The van der Waals surface area contributed by atoms with Crippen LogP contribution in [0, 0.1) is 0 Å². The molecule has 1 aliphatic rings. The number of pyridine rings is 1. The molecule has 178 valence electrons. The molecule has 1 fully saturated rings. The van der Waals surface area contributed by atoms with Gasteiger partial charge in [0.15, 0.2) is 0 Å². The van der Waals surface area contributed by atoms with Crippen molar-refractivity contribution in [2.24, 2.45) is 0 Å². The van der Waals surface area contributed by atoms with Crippen LogP contribution in [0.2, 0.25) is 5.02 Å². The van der Waals surface area contributed by atoms with Gasteiger partial charge < -0.3 is 24.8 Å². The molecule has 0 atom stereocenters. The summed E-state index contributed by atoms with van der Waals surface area (Å²) in [7, 11) is 1.37. The van der Waals surface area contributed by atoms with Crippen LogP contribution in [-0.4, -0.2) is 58.9 Å². The molecule has 2 amide bonds. The van der Waals surface area contributed by atoms with Crippen LogP contribution in [-0.2, 0) is 17.7 Å². The summed E-state index contributed by atoms with van der Waals surface area (Å²) in [5.41, 5.74) is 0.893. The number of nitrogens with one attached hydrogen (secondary N) is 1. The third-order valence-corrected chi connectivity index (χ3v) is 5.59. The van der Waals surface area contributed by atoms with Gasteiger partial charge in [-0.1, -0.05) is 23.7 Å². The molecule has 1 saturated heterocycles. The number of nitrogens with zero attached hydrogens (tertiary/aromatic N) is 2. The van der Waals surface area contributed by atoms with E-state index >= 15 is 0 Å². The van der Waals surface area contributed by atoms with Crippen LogP contribution in [0.25, 0.3) is 0 Å². The molecule has 8 nitrogen and oxygen atoms in total. The van der Waals surface area contributed by atoms with Crippen molar-refractivity contribution in [1.29, 1.82) is 0 Å². The van der Waals surface area contributed by atoms with Gasteiger partial charge in [-0.15, -0.1) is 0 Å². The topological polar surface area (TPSA) is 101 Å². The standard InChI is InChI=1S/C24H30ClN3O5/c1-24(2,31)13-17-15-26-20(22(29)27-14-16-4-6-18(25)7-5-16)12-21(17)33-19-8-10-28(11-9-19)23(30)32-3/h4-7,12,15,19,31H,8-11,13-14H2,1-3H3,(H,27,29). The number of hydrogen-bond acceptors (Lipinski definition) is 6. The van der Waals surface area contributed by atoms with Gasteiger partial charge in [0.2, 0.25) is 0 Å². The average molecular weight is 476 g/mol. The van der Waals surface area contributed by atoms with Crippen LogP contribution in [0.15, 0.2) is 36.5 Å². The number of amides is 2. The minimum atomic E-state index is -0.966. The first-order valence-corrected chi connectivity index (χ1v) is 11.3. The predicted octanol–water partition coefficient (Wildman–Crippen LogP) is 3.59. The molecule has 3 rings (SSSR count). The summed E-state index contributed by atoms with van der Waals surface area (Å²) in [5.74, 6) is 0.186. The maximum Gasteiger partial charge on any atom is 0.409 e. The van der Waals surface area contributed by atoms with E-state index in [1.54, 1.807) is 43.1 Å². The van der Waals surface area contributed by atoms with Crippen LogP contribution >= 0.6 is 11.6 Å². The highest BCUT2D eigenvalue weighted by atomic mass is 35.5. The van der Waals surface area contributed by atoms with Gasteiger partial charge in [0.25, 0.3) is 5.91 Å². The van der Waals surface area contributed by atoms with Crippen molar-refractivity contribution in [1.82, 2.24) is 15.2 Å². The van der Waals surface area contributed by atoms with Crippen molar-refractivity contribution in [3.8, 4) is 5.75 Å². The van der Waals surface area contributed by atoms with Crippen molar-refractivity contribution in [2.75, 3.05) is 20.2 Å². The summed E-state index contributed by atoms with van der Waals surface area (Å²) in [6.07, 6.45) is 2.70. The van der Waals surface area contributed by atoms with E-state index < -0.39 is 5.60 Å². The molecule has 9 heteroatoms. The SMILES string of the molecule is COC(=O)N1CCC(Oc2cc(C(=O)NCc3ccc(Cl)cc3)ncc2CC(C)(C)O)CC1. The van der Waals surface area contributed by atoms with Crippen LogP contribution in [0.3, 0.4) is 0 Å². The zero-order valence-electron chi connectivity index (χ0n) is 19.1. The van der Waals surface area contributed by atoms with E-state index in [0.29, 0.717) is 55.2 Å². The van der Waals surface area contributed by atoms with Gasteiger partial charge >= 0.3 is 6.09 Å². The third-order valence-electron chi connectivity index (χ3n) is 5.33. The Kier molecular flexibility index (Phi) is 8.15. The Balaban J connectivity index is 1.71. The lowest BCUT2D eigenvalue weighted by Crippen LogP contribution is -2.41. The van der Waals surface area contributed by atoms with E-state index in [1.807, 2.05) is 12.1 Å². The first-order valence-electron chi connectivity index (χ1n) is 10.9. The Bertz CT molecular complexity index is 967. The highest BCUT2D eigenvalue weighted by Crippen LogP contribution is 2.27. The Morgan fingerprint density at radius 2 is 1.91 bits per heavy atom. The van der Waals surface area contributed by atoms with Crippen molar-refractivity contribution >= 4 is 23.6 Å². The first kappa shape index (κ1) is 24.8. The van der Waals surface area contributed by atoms with E-state index in [9.17, 15) is 14.7 Å². The summed E-state index contributed by atoms with van der Waals surface area (Å²) in [6.45, 7) is 4.80. The van der Waals surface area contributed by atoms with E-state index in [0.717, 1.165) is 5.56 Å². The number of carbonyl (C=O) groups is 2. The van der Waals surface area contributed by atoms with Crippen molar-refractivity contribution in [3.05, 3.63) is 58.4 Å². The molecule has 0 bridgehead atoms. The lowest BCUT2D eigenvalue weighted by molar-refractivity contribution is 0.0708. The van der Waals surface area contributed by atoms with Crippen LogP contribution in [0.4, 0.5) is 4.79 Å². The molecule has 2 aromatic rings. The van der Waals surface area contributed by atoms with Gasteiger partial charge in [0, 0.05) is 61.7 Å². The van der Waals surface area contributed by atoms with Crippen LogP contribution < -0.4 is 10.1 Å². The molecule has 2 heterocycles. The second kappa shape index (κ2) is 10.9. The fourth-order valence-corrected chi connectivity index (χ4v) is 3.76. The number of likely N-dealkylation sites (tertiary alicyclic amines) is 1. The summed E-state index contributed by atoms with van der Waals surface area (Å²) in [5, 5.41) is 13.8. The summed E-state index contributed by atoms with van der Waals surface area (Å²) in [6, 6.07) is 8.84. The number of carbonyl (C=O) groups excluding carboxylic acids is 2. The zero-order valence-corrected chi connectivity index (χ0v) is 19.9. The number of rotatable bonds is 7. The van der Waals surface area contributed by atoms with Crippen molar-refractivity contribution in [3.63, 3.8) is 0 Å². The summed E-state index contributed by atoms with van der Waals surface area (Å²) >= 11 is 5.90. The maximum atomic E-state index is 12.7. The Morgan fingerprint density at radius 1 is 1.24 bits per heavy atom. The minimum Gasteiger partial charge on any atom is -0.490 e. The molecule has 1 aliphatic heterocycles. The lowest BCUT2D eigenvalue weighted by Gasteiger charge is -2.32. The molecule has 0 radical (unpaired) electrons. The number of halogens is 1. The fourth-order valence-electron chi connectivity index (χ4n) is 3.64. The highest BCUT2D eigenvalue weighted by Gasteiger charge is 2.26. The zero-order chi connectivity index (χ0) is 24.0. The van der Waals surface area contributed by atoms with Gasteiger partial charge in [0.1, 0.15) is 17.5 Å². The summed E-state index contributed by atoms with van der Waals surface area (Å²) < 4.78 is 11.0. The largest absolute Gasteiger partial charge is 0.490 e. The molecule has 0 saturated carbocycles. The molecule has 0 unspecified atom stereocenters. The predicted molar refractivity (Wildman–Crippen MR) is 124 cm³/mol. The minimum absolute atomic E-state index is 0.126. The number of aromatic nitrogens is 1. The van der Waals surface area contributed by atoms with Crippen molar-refractivity contribution < 1.29 is 24.2 Å². The highest BCUT2D eigenvalue weighted by molar-refractivity contribution is 6.30. The van der Waals surface area contributed by atoms with Gasteiger partial charge in [-0.05, 0) is 31.5 Å². The molecular formula is C24H30ClN3O5. The Hall–Kier alpha value is -2.84. The molecule has 1 aromatic carbocycles. The van der Waals surface area contributed by atoms with Crippen LogP contribution in [0.5, 0.6) is 5.75 Å². The van der Waals surface area contributed by atoms with Gasteiger partial charge in [0.05, 0.1) is 12.7 Å². The second-order valence-corrected chi connectivity index (χ2v) is 9.19. The maximum absolute atomic E-state index is 12.7. The second-order valence-electron chi connectivity index (χ2n) is 8.75. The van der Waals surface area contributed by atoms with Gasteiger partial charge in [-0.25, -0.2) is 4.79 Å². The van der Waals surface area contributed by atoms with Crippen molar-refractivity contribution in [2.45, 2.75) is 51.4 Å². The molecule has 0 aliphatic carbocycles. The smallest absolute Gasteiger partial charge is 0.409 e. The number of piperidine rings is 1. The van der Waals surface area contributed by atoms with Gasteiger partial charge in [-0.2, -0.15) is 0 Å². The first-order chi connectivity index (χ1) is 15.6. The number of hydrogen-bond donors (Lipinski definition) is 2. The molecule has 33 heavy (non-hydrogen) atoms. The lowest BCUT2D eigenvalue weighted by atomic mass is 9.99. The number of methoxy groups -OCH3 is 1.